The highest BCUT2D eigenvalue weighted by Gasteiger charge is 2.11. The average Bonchev–Trinajstić information content (AvgIpc) is 2.77. The first kappa shape index (κ1) is 15.2. The molecule has 0 fully saturated rings. The first-order valence-corrected chi connectivity index (χ1v) is 7.35. The number of rotatable bonds is 3. The molecule has 0 saturated carbocycles. The lowest BCUT2D eigenvalue weighted by atomic mass is 10.1. The Labute approximate surface area is 137 Å². The van der Waals surface area contributed by atoms with E-state index in [1.54, 1.807) is 48.1 Å². The van der Waals surface area contributed by atoms with Crippen LogP contribution < -0.4 is 0 Å². The molecule has 2 aromatic heterocycles. The molecule has 0 spiro atoms. The molecule has 6 heteroatoms. The molecule has 0 bridgehead atoms. The SMILES string of the molecule is Cc1nn(C)c(Cl)c1/C=C/c1cc(C(=O)O)c2ccccc2n1. The van der Waals surface area contributed by atoms with E-state index in [2.05, 4.69) is 10.1 Å². The van der Waals surface area contributed by atoms with Crippen molar-refractivity contribution in [3.05, 3.63) is 58.0 Å². The van der Waals surface area contributed by atoms with Gasteiger partial charge in [0, 0.05) is 18.0 Å². The molecular weight excluding hydrogens is 314 g/mol. The third-order valence-corrected chi connectivity index (χ3v) is 4.03. The van der Waals surface area contributed by atoms with Crippen molar-refractivity contribution < 1.29 is 9.90 Å². The van der Waals surface area contributed by atoms with Crippen LogP contribution in [0.4, 0.5) is 0 Å². The number of para-hydroxylation sites is 1. The zero-order valence-electron chi connectivity index (χ0n) is 12.6. The molecule has 2 heterocycles. The second-order valence-electron chi connectivity index (χ2n) is 5.16. The fourth-order valence-corrected chi connectivity index (χ4v) is 2.70. The zero-order chi connectivity index (χ0) is 16.6. The molecule has 1 N–H and O–H groups in total. The van der Waals surface area contributed by atoms with Crippen LogP contribution in [0.25, 0.3) is 23.1 Å². The van der Waals surface area contributed by atoms with E-state index in [-0.39, 0.29) is 5.56 Å². The van der Waals surface area contributed by atoms with Gasteiger partial charge >= 0.3 is 5.97 Å². The highest BCUT2D eigenvalue weighted by atomic mass is 35.5. The van der Waals surface area contributed by atoms with Crippen molar-refractivity contribution in [3.63, 3.8) is 0 Å². The smallest absolute Gasteiger partial charge is 0.336 e. The molecule has 0 radical (unpaired) electrons. The van der Waals surface area contributed by atoms with E-state index in [0.717, 1.165) is 11.3 Å². The van der Waals surface area contributed by atoms with Gasteiger partial charge in [0.15, 0.2) is 0 Å². The monoisotopic (exact) mass is 327 g/mol. The van der Waals surface area contributed by atoms with Crippen LogP contribution in [-0.2, 0) is 7.05 Å². The minimum absolute atomic E-state index is 0.226. The summed E-state index contributed by atoms with van der Waals surface area (Å²) < 4.78 is 1.59. The Bertz CT molecular complexity index is 944. The number of benzene rings is 1. The summed E-state index contributed by atoms with van der Waals surface area (Å²) in [6, 6.07) is 8.73. The maximum atomic E-state index is 11.5. The molecule has 5 nitrogen and oxygen atoms in total. The summed E-state index contributed by atoms with van der Waals surface area (Å²) in [4.78, 5) is 15.9. The summed E-state index contributed by atoms with van der Waals surface area (Å²) in [5.41, 5.74) is 3.01. The number of pyridine rings is 1. The maximum Gasteiger partial charge on any atom is 0.336 e. The van der Waals surface area contributed by atoms with Gasteiger partial charge in [-0.25, -0.2) is 9.78 Å². The number of nitrogens with zero attached hydrogens (tertiary/aromatic N) is 3. The Morgan fingerprint density at radius 2 is 2.04 bits per heavy atom. The fraction of sp³-hybridized carbons (Fsp3) is 0.118. The Kier molecular flexibility index (Phi) is 3.88. The van der Waals surface area contributed by atoms with E-state index >= 15 is 0 Å². The predicted octanol–water partition coefficient (Wildman–Crippen LogP) is 3.80. The molecule has 0 saturated heterocycles. The van der Waals surface area contributed by atoms with Crippen LogP contribution in [0, 0.1) is 6.92 Å². The van der Waals surface area contributed by atoms with Gasteiger partial charge in [-0.15, -0.1) is 0 Å². The number of aromatic carboxylic acids is 1. The second kappa shape index (κ2) is 5.85. The molecular formula is C17H14ClN3O2. The number of fused-ring (bicyclic) bond motifs is 1. The minimum Gasteiger partial charge on any atom is -0.478 e. The predicted molar refractivity (Wildman–Crippen MR) is 90.6 cm³/mol. The molecule has 0 atom stereocenters. The van der Waals surface area contributed by atoms with Gasteiger partial charge in [-0.3, -0.25) is 4.68 Å². The van der Waals surface area contributed by atoms with Gasteiger partial charge in [-0.2, -0.15) is 5.10 Å². The summed E-state index contributed by atoms with van der Waals surface area (Å²) in [6.07, 6.45) is 3.54. The van der Waals surface area contributed by atoms with Crippen LogP contribution >= 0.6 is 11.6 Å². The van der Waals surface area contributed by atoms with Crippen LogP contribution in [0.5, 0.6) is 0 Å². The normalized spacial score (nSPS) is 11.4. The van der Waals surface area contributed by atoms with E-state index in [1.165, 1.54) is 0 Å². The molecule has 0 unspecified atom stereocenters. The Balaban J connectivity index is 2.10. The molecule has 0 amide bonds. The molecule has 3 aromatic rings. The van der Waals surface area contributed by atoms with Crippen molar-refractivity contribution in [3.8, 4) is 0 Å². The Morgan fingerprint density at radius 1 is 1.30 bits per heavy atom. The molecule has 0 aliphatic rings. The highest BCUT2D eigenvalue weighted by molar-refractivity contribution is 6.31. The lowest BCUT2D eigenvalue weighted by molar-refractivity contribution is 0.0699. The van der Waals surface area contributed by atoms with Crippen molar-refractivity contribution in [2.24, 2.45) is 7.05 Å². The van der Waals surface area contributed by atoms with Crippen LogP contribution in [-0.4, -0.2) is 25.8 Å². The summed E-state index contributed by atoms with van der Waals surface area (Å²) in [7, 11) is 1.77. The molecule has 1 aromatic carbocycles. The summed E-state index contributed by atoms with van der Waals surface area (Å²) in [5, 5.41) is 14.8. The number of halogens is 1. The topological polar surface area (TPSA) is 68.0 Å². The lowest BCUT2D eigenvalue weighted by Crippen LogP contribution is -2.00. The first-order chi connectivity index (χ1) is 11.0. The number of carboxylic acid groups (broad SMARTS) is 1. The van der Waals surface area contributed by atoms with Crippen LogP contribution in [0.15, 0.2) is 30.3 Å². The number of aromatic nitrogens is 3. The number of aryl methyl sites for hydroxylation is 2. The highest BCUT2D eigenvalue weighted by Crippen LogP contribution is 2.23. The second-order valence-corrected chi connectivity index (χ2v) is 5.52. The fourth-order valence-electron chi connectivity index (χ4n) is 2.46. The first-order valence-electron chi connectivity index (χ1n) is 6.97. The average molecular weight is 328 g/mol. The van der Waals surface area contributed by atoms with Gasteiger partial charge < -0.3 is 5.11 Å². The van der Waals surface area contributed by atoms with Crippen LogP contribution in [0.3, 0.4) is 0 Å². The van der Waals surface area contributed by atoms with Gasteiger partial charge in [0.2, 0.25) is 0 Å². The van der Waals surface area contributed by atoms with Crippen LogP contribution in [0.1, 0.15) is 27.3 Å². The van der Waals surface area contributed by atoms with Gasteiger partial charge in [-0.1, -0.05) is 29.8 Å². The lowest BCUT2D eigenvalue weighted by Gasteiger charge is -2.04. The van der Waals surface area contributed by atoms with Gasteiger partial charge in [0.05, 0.1) is 22.5 Å². The van der Waals surface area contributed by atoms with Crippen molar-refractivity contribution in [1.82, 2.24) is 14.8 Å². The standard InChI is InChI=1S/C17H14ClN3O2/c1-10-12(16(18)21(2)20-10)8-7-11-9-14(17(22)23)13-5-3-4-6-15(13)19-11/h3-9H,1-2H3,(H,22,23)/b8-7+. The number of hydrogen-bond acceptors (Lipinski definition) is 3. The Morgan fingerprint density at radius 3 is 2.70 bits per heavy atom. The number of carbonyl (C=O) groups is 1. The van der Waals surface area contributed by atoms with E-state index in [0.29, 0.717) is 21.7 Å². The molecule has 3 rings (SSSR count). The van der Waals surface area contributed by atoms with Crippen LogP contribution in [0.2, 0.25) is 5.15 Å². The molecule has 0 aliphatic heterocycles. The third-order valence-electron chi connectivity index (χ3n) is 3.58. The zero-order valence-corrected chi connectivity index (χ0v) is 13.4. The largest absolute Gasteiger partial charge is 0.478 e. The van der Waals surface area contributed by atoms with Crippen molar-refractivity contribution >= 4 is 40.6 Å². The molecule has 116 valence electrons. The van der Waals surface area contributed by atoms with Crippen molar-refractivity contribution in [1.29, 1.82) is 0 Å². The van der Waals surface area contributed by atoms with E-state index < -0.39 is 5.97 Å². The van der Waals surface area contributed by atoms with Gasteiger partial charge in [0.25, 0.3) is 0 Å². The van der Waals surface area contributed by atoms with E-state index in [9.17, 15) is 9.90 Å². The quantitative estimate of drug-likeness (QED) is 0.794. The minimum atomic E-state index is -0.978. The summed E-state index contributed by atoms with van der Waals surface area (Å²) in [6.45, 7) is 1.86. The Hall–Kier alpha value is -2.66. The van der Waals surface area contributed by atoms with Crippen molar-refractivity contribution in [2.75, 3.05) is 0 Å². The number of carboxylic acids is 1. The third kappa shape index (κ3) is 2.83. The summed E-state index contributed by atoms with van der Waals surface area (Å²) in [5.74, 6) is -0.978. The number of hydrogen-bond donors (Lipinski definition) is 1. The summed E-state index contributed by atoms with van der Waals surface area (Å²) >= 11 is 6.19. The van der Waals surface area contributed by atoms with E-state index in [1.807, 2.05) is 13.0 Å². The maximum absolute atomic E-state index is 11.5. The van der Waals surface area contributed by atoms with Gasteiger partial charge in [-0.05, 0) is 31.2 Å². The van der Waals surface area contributed by atoms with Crippen molar-refractivity contribution in [2.45, 2.75) is 6.92 Å². The van der Waals surface area contributed by atoms with Gasteiger partial charge in [0.1, 0.15) is 5.15 Å². The molecule has 23 heavy (non-hydrogen) atoms. The molecule has 0 aliphatic carbocycles. The van der Waals surface area contributed by atoms with E-state index in [4.69, 9.17) is 11.6 Å².